The van der Waals surface area contributed by atoms with Crippen LogP contribution < -0.4 is 4.90 Å². The molecule has 0 fully saturated rings. The van der Waals surface area contributed by atoms with Gasteiger partial charge in [-0.25, -0.2) is 4.39 Å². The van der Waals surface area contributed by atoms with Crippen LogP contribution in [0.1, 0.15) is 37.5 Å². The Bertz CT molecular complexity index is 1670. The van der Waals surface area contributed by atoms with Crippen LogP contribution in [0.2, 0.25) is 0 Å². The van der Waals surface area contributed by atoms with Gasteiger partial charge >= 0.3 is 0 Å². The van der Waals surface area contributed by atoms with Crippen LogP contribution in [0.5, 0.6) is 0 Å². The summed E-state index contributed by atoms with van der Waals surface area (Å²) in [5.74, 6) is -0.191. The molecule has 0 amide bonds. The Balaban J connectivity index is 1.46. The fraction of sp³-hybridized carbons (Fsp3) is 0.229. The number of likely N-dealkylation sites (N-methyl/N-ethyl adjacent to an activating group) is 1. The summed E-state index contributed by atoms with van der Waals surface area (Å²) < 4.78 is 16.5. The second kappa shape index (κ2) is 8.80. The molecule has 0 bridgehead atoms. The van der Waals surface area contributed by atoms with Crippen LogP contribution in [0.15, 0.2) is 109 Å². The van der Waals surface area contributed by atoms with Gasteiger partial charge in [0.25, 0.3) is 0 Å². The van der Waals surface area contributed by atoms with Crippen LogP contribution in [0.4, 0.5) is 15.8 Å². The lowest BCUT2D eigenvalue weighted by molar-refractivity contribution is -0.401. The molecule has 0 N–H and O–H groups in total. The van der Waals surface area contributed by atoms with E-state index in [1.54, 1.807) is 6.07 Å². The van der Waals surface area contributed by atoms with Gasteiger partial charge in [-0.05, 0) is 79.4 Å². The maximum Gasteiger partial charge on any atom is 0.209 e. The topological polar surface area (TPSA) is 6.25 Å². The van der Waals surface area contributed by atoms with Gasteiger partial charge in [-0.2, -0.15) is 4.58 Å². The van der Waals surface area contributed by atoms with Crippen LogP contribution in [0.3, 0.4) is 0 Å². The van der Waals surface area contributed by atoms with E-state index in [4.69, 9.17) is 0 Å². The smallest absolute Gasteiger partial charge is 0.209 e. The minimum atomic E-state index is -0.309. The highest BCUT2D eigenvalue weighted by Crippen LogP contribution is 2.50. The predicted molar refractivity (Wildman–Crippen MR) is 157 cm³/mol. The van der Waals surface area contributed by atoms with E-state index in [0.717, 1.165) is 5.56 Å². The zero-order valence-electron chi connectivity index (χ0n) is 22.8. The molecule has 0 aliphatic carbocycles. The van der Waals surface area contributed by atoms with E-state index in [-0.39, 0.29) is 16.6 Å². The number of hydrogen-bond acceptors (Lipinski definition) is 1. The first kappa shape index (κ1) is 24.4. The molecular weight excluding hydrogens is 467 g/mol. The largest absolute Gasteiger partial charge is 0.347 e. The van der Waals surface area contributed by atoms with Gasteiger partial charge in [0.15, 0.2) is 5.71 Å². The van der Waals surface area contributed by atoms with Crippen LogP contribution in [-0.2, 0) is 17.3 Å². The van der Waals surface area contributed by atoms with Gasteiger partial charge in [0.1, 0.15) is 12.9 Å². The van der Waals surface area contributed by atoms with Crippen molar-refractivity contribution < 1.29 is 8.97 Å². The lowest BCUT2D eigenvalue weighted by Gasteiger charge is -2.29. The van der Waals surface area contributed by atoms with Gasteiger partial charge in [-0.1, -0.05) is 60.7 Å². The van der Waals surface area contributed by atoms with Gasteiger partial charge in [-0.15, -0.1) is 0 Å². The van der Waals surface area contributed by atoms with E-state index in [0.29, 0.717) is 6.42 Å². The third-order valence-corrected chi connectivity index (χ3v) is 8.64. The number of anilines is 1. The fourth-order valence-corrected chi connectivity index (χ4v) is 6.65. The summed E-state index contributed by atoms with van der Waals surface area (Å²) in [5.41, 5.74) is 8.19. The number of halogens is 1. The molecule has 0 saturated heterocycles. The minimum Gasteiger partial charge on any atom is -0.347 e. The number of fused-ring (bicyclic) bond motifs is 3. The summed E-state index contributed by atoms with van der Waals surface area (Å²) in [7, 11) is 4.30. The summed E-state index contributed by atoms with van der Waals surface area (Å²) in [5, 5.41) is 2.45. The summed E-state index contributed by atoms with van der Waals surface area (Å²) in [4.78, 5) is 2.31. The van der Waals surface area contributed by atoms with Crippen molar-refractivity contribution in [3.05, 3.63) is 131 Å². The fourth-order valence-electron chi connectivity index (χ4n) is 6.65. The second-order valence-electron chi connectivity index (χ2n) is 11.4. The zero-order valence-corrected chi connectivity index (χ0v) is 22.8. The Kier molecular flexibility index (Phi) is 5.64. The highest BCUT2D eigenvalue weighted by atomic mass is 19.1. The lowest BCUT2D eigenvalue weighted by atomic mass is 9.75. The highest BCUT2D eigenvalue weighted by molar-refractivity contribution is 6.03. The third kappa shape index (κ3) is 3.72. The van der Waals surface area contributed by atoms with Crippen molar-refractivity contribution in [3.8, 4) is 0 Å². The van der Waals surface area contributed by atoms with E-state index < -0.39 is 0 Å². The molecule has 0 saturated carbocycles. The van der Waals surface area contributed by atoms with Crippen molar-refractivity contribution in [3.63, 3.8) is 0 Å². The highest BCUT2D eigenvalue weighted by Gasteiger charge is 2.44. The molecule has 1 atom stereocenters. The van der Waals surface area contributed by atoms with Crippen LogP contribution in [-0.4, -0.2) is 24.4 Å². The van der Waals surface area contributed by atoms with E-state index in [1.807, 2.05) is 12.1 Å². The van der Waals surface area contributed by atoms with Crippen molar-refractivity contribution in [2.24, 2.45) is 0 Å². The molecule has 0 radical (unpaired) electrons. The lowest BCUT2D eigenvalue weighted by Crippen LogP contribution is -2.29. The minimum absolute atomic E-state index is 0.0759. The Morgan fingerprint density at radius 1 is 0.842 bits per heavy atom. The van der Waals surface area contributed by atoms with Gasteiger partial charge in [0.05, 0.1) is 5.41 Å². The molecule has 2 aliphatic rings. The number of rotatable bonds is 4. The summed E-state index contributed by atoms with van der Waals surface area (Å²) >= 11 is 0. The molecular formula is C35H34FN2+. The van der Waals surface area contributed by atoms with Gasteiger partial charge in [0.2, 0.25) is 5.69 Å². The number of allylic oxidation sites excluding steroid dienone is 4. The number of benzene rings is 4. The van der Waals surface area contributed by atoms with E-state index in [9.17, 15) is 4.39 Å². The molecule has 1 unspecified atom stereocenters. The molecule has 0 aromatic heterocycles. The van der Waals surface area contributed by atoms with Crippen molar-refractivity contribution in [1.82, 2.24) is 0 Å². The molecule has 190 valence electrons. The quantitative estimate of drug-likeness (QED) is 0.256. The molecule has 2 aliphatic heterocycles. The Hall–Kier alpha value is -3.98. The first-order valence-electron chi connectivity index (χ1n) is 13.3. The maximum atomic E-state index is 14.2. The van der Waals surface area contributed by atoms with Gasteiger partial charge in [0, 0.05) is 41.6 Å². The van der Waals surface area contributed by atoms with Crippen LogP contribution in [0, 0.1) is 5.82 Å². The molecule has 3 heteroatoms. The molecule has 4 aromatic carbocycles. The second-order valence-corrected chi connectivity index (χ2v) is 11.4. The summed E-state index contributed by atoms with van der Waals surface area (Å²) in [6, 6.07) is 28.8. The third-order valence-electron chi connectivity index (χ3n) is 8.64. The van der Waals surface area contributed by atoms with Crippen LogP contribution >= 0.6 is 0 Å². The summed E-state index contributed by atoms with van der Waals surface area (Å²) in [6.45, 7) is 6.88. The molecule has 2 heterocycles. The average molecular weight is 502 g/mol. The molecule has 2 nitrogen and oxygen atoms in total. The van der Waals surface area contributed by atoms with E-state index >= 15 is 0 Å². The predicted octanol–water partition coefficient (Wildman–Crippen LogP) is 8.08. The normalized spacial score (nSPS) is 21.1. The molecule has 4 aromatic rings. The van der Waals surface area contributed by atoms with Crippen molar-refractivity contribution in [2.75, 3.05) is 19.0 Å². The number of para-hydroxylation sites is 1. The Morgan fingerprint density at radius 3 is 2.29 bits per heavy atom. The Morgan fingerprint density at radius 2 is 1.55 bits per heavy atom. The van der Waals surface area contributed by atoms with Crippen LogP contribution in [0.25, 0.3) is 10.8 Å². The van der Waals surface area contributed by atoms with Crippen molar-refractivity contribution in [1.29, 1.82) is 0 Å². The number of nitrogens with zero attached hydrogens (tertiary/aromatic N) is 2. The first-order chi connectivity index (χ1) is 18.2. The summed E-state index contributed by atoms with van der Waals surface area (Å²) in [6.07, 6.45) is 7.42. The van der Waals surface area contributed by atoms with E-state index in [2.05, 4.69) is 123 Å². The van der Waals surface area contributed by atoms with Crippen molar-refractivity contribution >= 4 is 27.9 Å². The standard InChI is InChI=1S/C35H34FN2/c1-34(2)28-16-8-9-17-30(28)37(4)32(34)18-11-19-33-35(3,23-24-12-10-15-27(36)20-24)29-21-25-13-6-7-14-26(25)22-31(29)38(33)5/h6-22H,23H2,1-5H3/q+1. The van der Waals surface area contributed by atoms with Crippen molar-refractivity contribution in [2.45, 2.75) is 38.0 Å². The van der Waals surface area contributed by atoms with Gasteiger partial charge < -0.3 is 4.90 Å². The molecule has 0 spiro atoms. The molecule has 6 rings (SSSR count). The van der Waals surface area contributed by atoms with E-state index in [1.165, 1.54) is 50.7 Å². The maximum absolute atomic E-state index is 14.2. The Labute approximate surface area is 225 Å². The average Bonchev–Trinajstić information content (AvgIpc) is 3.22. The molecule has 38 heavy (non-hydrogen) atoms. The van der Waals surface area contributed by atoms with Gasteiger partial charge in [-0.3, -0.25) is 0 Å². The zero-order chi connectivity index (χ0) is 26.7. The monoisotopic (exact) mass is 501 g/mol. The number of hydrogen-bond donors (Lipinski definition) is 0. The first-order valence-corrected chi connectivity index (χ1v) is 13.3. The SMILES string of the molecule is CN1C(=CC=CC2=[N+](C)c3ccccc3C2(C)C)C(C)(Cc2cccc(F)c2)c2cc3ccccc3cc21.